The number of hydrogen-bond acceptors (Lipinski definition) is 14. The quantitative estimate of drug-likeness (QED) is 0.0706. The van der Waals surface area contributed by atoms with E-state index >= 15 is 0 Å². The summed E-state index contributed by atoms with van der Waals surface area (Å²) in [5.74, 6) is -1.22. The number of nitrogens with zero attached hydrogens (tertiary/aromatic N) is 3. The molecule has 2 aliphatic heterocycles. The number of carbonyl (C=O) groups excluding carboxylic acids is 2. The summed E-state index contributed by atoms with van der Waals surface area (Å²) in [6.07, 6.45) is -0.593. The number of aromatic nitrogens is 3. The van der Waals surface area contributed by atoms with Gasteiger partial charge in [0.1, 0.15) is 36.8 Å². The maximum atomic E-state index is 12.2. The molecule has 12 nitrogen and oxygen atoms in total. The molecule has 2 fully saturated rings. The Hall–Kier alpha value is -1.13. The molecular weight excluding hydrogens is 455 g/mol. The summed E-state index contributed by atoms with van der Waals surface area (Å²) >= 11 is 13.9. The lowest BCUT2D eigenvalue weighted by Gasteiger charge is -2.33. The van der Waals surface area contributed by atoms with Crippen molar-refractivity contribution in [2.24, 2.45) is 5.73 Å². The summed E-state index contributed by atoms with van der Waals surface area (Å²) in [5, 5.41) is 8.26. The van der Waals surface area contributed by atoms with Gasteiger partial charge in [0.15, 0.2) is 6.57 Å². The van der Waals surface area contributed by atoms with Gasteiger partial charge >= 0.3 is 11.9 Å². The van der Waals surface area contributed by atoms with E-state index in [1.54, 1.807) is 0 Å². The highest BCUT2D eigenvalue weighted by atomic mass is 35.5. The lowest BCUT2D eigenvalue weighted by molar-refractivity contribution is -0.150. The number of anilines is 1. The first-order chi connectivity index (χ1) is 14.3. The van der Waals surface area contributed by atoms with Gasteiger partial charge in [0.25, 0.3) is 0 Å². The maximum Gasteiger partial charge on any atom is 0.323 e. The van der Waals surface area contributed by atoms with Crippen molar-refractivity contribution < 1.29 is 21.9 Å². The van der Waals surface area contributed by atoms with Crippen LogP contribution in [-0.4, -0.2) is 68.0 Å². The molecule has 0 radical (unpaired) electrons. The second-order valence-corrected chi connectivity index (χ2v) is 8.44. The molecule has 154 valence electrons. The number of nitrogen functional groups attached to an aromatic ring is 1. The predicted octanol–water partition coefficient (Wildman–Crippen LogP) is -1.40. The number of esters is 2. The van der Waals surface area contributed by atoms with E-state index in [1.807, 2.05) is 5.73 Å². The SMILES string of the molecule is [2H]Nc1nc(Cl)nc(SCC(=O)OCCOC(=O)C2SC23NC(Cl)NC(N[2H])N3)n1. The van der Waals surface area contributed by atoms with E-state index in [1.165, 1.54) is 11.8 Å². The number of hydrogen-bond donors (Lipinski definition) is 5. The minimum Gasteiger partial charge on any atom is -0.461 e. The Morgan fingerprint density at radius 2 is 2.14 bits per heavy atom. The van der Waals surface area contributed by atoms with Crippen LogP contribution in [0.4, 0.5) is 5.95 Å². The van der Waals surface area contributed by atoms with Crippen molar-refractivity contribution in [3.05, 3.63) is 5.28 Å². The standard InChI is InChI=1S/C12H16Cl2N8O4S2/c13-7-17-9(15)20-11(19-7)27-3-4(23)25-1-2-26-6(24)5-12(28-5)21-8(14)18-10(16)22-12/h5,8,10,18,21-22H,1-3,16H2,(H2,15,17,19,20)/i/hD2. The van der Waals surface area contributed by atoms with E-state index in [-0.39, 0.29) is 35.4 Å². The number of halogens is 2. The zero-order chi connectivity index (χ0) is 21.7. The Balaban J connectivity index is 1.34. The number of thioether (sulfide) groups is 2. The monoisotopic (exact) mass is 472 g/mol. The lowest BCUT2D eigenvalue weighted by atomic mass is 10.3. The minimum absolute atomic E-state index is 0.0449. The average molecular weight is 473 g/mol. The molecule has 0 amide bonds. The second kappa shape index (κ2) is 9.13. The first kappa shape index (κ1) is 18.9. The van der Waals surface area contributed by atoms with Crippen LogP contribution in [-0.2, 0) is 19.1 Å². The third kappa shape index (κ3) is 5.70. The molecule has 2 saturated heterocycles. The van der Waals surface area contributed by atoms with E-state index in [0.29, 0.717) is 0 Å². The highest BCUT2D eigenvalue weighted by molar-refractivity contribution is 8.09. The number of carbonyl (C=O) groups is 2. The van der Waals surface area contributed by atoms with E-state index < -0.39 is 34.1 Å². The van der Waals surface area contributed by atoms with Crippen LogP contribution in [0.15, 0.2) is 5.16 Å². The highest BCUT2D eigenvalue weighted by Crippen LogP contribution is 2.51. The summed E-state index contributed by atoms with van der Waals surface area (Å²) in [7, 11) is 0. The third-order valence-electron chi connectivity index (χ3n) is 3.34. The van der Waals surface area contributed by atoms with Gasteiger partial charge in [-0.2, -0.15) is 15.0 Å². The molecule has 0 aliphatic carbocycles. The van der Waals surface area contributed by atoms with Crippen LogP contribution in [0.5, 0.6) is 0 Å². The van der Waals surface area contributed by atoms with Crippen LogP contribution >= 0.6 is 46.7 Å². The summed E-state index contributed by atoms with van der Waals surface area (Å²) < 4.78 is 24.3. The van der Waals surface area contributed by atoms with Gasteiger partial charge in [0.05, 0.1) is 5.75 Å². The van der Waals surface area contributed by atoms with E-state index in [0.717, 1.165) is 11.8 Å². The van der Waals surface area contributed by atoms with Gasteiger partial charge in [-0.1, -0.05) is 23.4 Å². The second-order valence-electron chi connectivity index (χ2n) is 5.37. The minimum atomic E-state index is -0.820. The van der Waals surface area contributed by atoms with Crippen LogP contribution < -0.4 is 27.4 Å². The molecule has 4 atom stereocenters. The van der Waals surface area contributed by atoms with Crippen molar-refractivity contribution in [1.82, 2.24) is 30.9 Å². The molecule has 2 aliphatic rings. The van der Waals surface area contributed by atoms with Gasteiger partial charge < -0.3 is 20.9 Å². The Labute approximate surface area is 180 Å². The van der Waals surface area contributed by atoms with Crippen LogP contribution in [0.3, 0.4) is 0 Å². The van der Waals surface area contributed by atoms with Crippen LogP contribution in [0.2, 0.25) is 8.11 Å². The fourth-order valence-corrected chi connectivity index (χ4v) is 4.47. The van der Waals surface area contributed by atoms with E-state index in [9.17, 15) is 9.59 Å². The molecule has 1 aromatic heterocycles. The topological polar surface area (TPSA) is 179 Å². The number of ether oxygens (including phenoxy) is 2. The van der Waals surface area contributed by atoms with Gasteiger partial charge in [-0.3, -0.25) is 25.5 Å². The summed E-state index contributed by atoms with van der Waals surface area (Å²) in [4.78, 5) is 34.5. The van der Waals surface area contributed by atoms with Gasteiger partial charge in [-0.15, -0.1) is 11.8 Å². The summed E-state index contributed by atoms with van der Waals surface area (Å²) in [5.41, 5.74) is 3.58. The molecule has 16 heteroatoms. The maximum absolute atomic E-state index is 12.2. The van der Waals surface area contributed by atoms with Crippen molar-refractivity contribution >= 4 is 64.6 Å². The fraction of sp³-hybridized carbons (Fsp3) is 0.583. The van der Waals surface area contributed by atoms with Gasteiger partial charge in [0.2, 0.25) is 11.2 Å². The molecular formula is C12H16Cl2N8O4S2. The molecule has 4 unspecified atom stereocenters. The molecule has 1 spiro atoms. The Morgan fingerprint density at radius 3 is 2.93 bits per heavy atom. The number of nitrogens with one attached hydrogen (secondary N) is 3. The first-order valence-corrected chi connectivity index (χ1v) is 10.4. The molecule has 0 aromatic carbocycles. The van der Waals surface area contributed by atoms with Crippen molar-refractivity contribution in [3.8, 4) is 0 Å². The fourth-order valence-electron chi connectivity index (χ4n) is 2.19. The molecule has 28 heavy (non-hydrogen) atoms. The molecule has 3 rings (SSSR count). The Bertz CT molecular complexity index is 805. The molecule has 0 bridgehead atoms. The van der Waals surface area contributed by atoms with Gasteiger partial charge in [-0.25, -0.2) is 0 Å². The van der Waals surface area contributed by atoms with Crippen molar-refractivity contribution in [3.63, 3.8) is 0 Å². The lowest BCUT2D eigenvalue weighted by Crippen LogP contribution is -2.71. The van der Waals surface area contributed by atoms with Crippen LogP contribution in [0.1, 0.15) is 0 Å². The van der Waals surface area contributed by atoms with Crippen LogP contribution in [0, 0.1) is 0 Å². The Kier molecular flexibility index (Phi) is 6.15. The predicted molar refractivity (Wildman–Crippen MR) is 103 cm³/mol. The van der Waals surface area contributed by atoms with Crippen molar-refractivity contribution in [2.75, 3.05) is 24.7 Å². The smallest absolute Gasteiger partial charge is 0.323 e. The zero-order valence-corrected chi connectivity index (χ0v) is 17.0. The Morgan fingerprint density at radius 1 is 1.32 bits per heavy atom. The number of rotatable bonds is 9. The van der Waals surface area contributed by atoms with Gasteiger partial charge in [-0.05, 0) is 11.6 Å². The first-order valence-electron chi connectivity index (χ1n) is 8.70. The molecule has 0 saturated carbocycles. The van der Waals surface area contributed by atoms with Crippen molar-refractivity contribution in [2.45, 2.75) is 27.3 Å². The molecule has 7 N–H and O–H groups in total. The summed E-state index contributed by atoms with van der Waals surface area (Å²) in [6.45, 7) is -0.236. The number of alkyl halides is 1. The highest BCUT2D eigenvalue weighted by Gasteiger charge is 2.63. The average Bonchev–Trinajstić information content (AvgIpc) is 3.40. The van der Waals surface area contributed by atoms with Gasteiger partial charge in [0, 0.05) is 0 Å². The van der Waals surface area contributed by atoms with Crippen molar-refractivity contribution in [1.29, 1.82) is 0 Å². The molecule has 3 heterocycles. The molecule has 1 aromatic rings. The van der Waals surface area contributed by atoms with Crippen LogP contribution in [0.25, 0.3) is 0 Å². The summed E-state index contributed by atoms with van der Waals surface area (Å²) in [6, 6.07) is 0. The van der Waals surface area contributed by atoms with E-state index in [4.69, 9.17) is 35.5 Å². The normalized spacial score (nSPS) is 29.6. The third-order valence-corrected chi connectivity index (χ3v) is 5.94. The van der Waals surface area contributed by atoms with E-state index in [2.05, 4.69) is 36.6 Å². The largest absolute Gasteiger partial charge is 0.461 e. The zero-order valence-electron chi connectivity index (χ0n) is 15.9. The number of nitrogens with two attached hydrogens (primary N) is 2.